The summed E-state index contributed by atoms with van der Waals surface area (Å²) >= 11 is 0. The molecule has 3 aliphatic rings. The molecule has 3 rings (SSSR count). The number of nitrogens with two attached hydrogens (primary N) is 1. The molecule has 0 aromatic rings. The molecule has 0 radical (unpaired) electrons. The molecule has 5 nitrogen and oxygen atoms in total. The standard InChI is InChI=1S/C12H19N3O2/c13-8-12(3-4-12)11(17)14-5-6-15-9(7-14)1-2-10(15)16/h9H,1-8,13H2. The maximum Gasteiger partial charge on any atom is 0.230 e. The molecule has 5 heteroatoms. The lowest BCUT2D eigenvalue weighted by molar-refractivity contribution is -0.142. The van der Waals surface area contributed by atoms with E-state index in [2.05, 4.69) is 0 Å². The summed E-state index contributed by atoms with van der Waals surface area (Å²) in [7, 11) is 0. The summed E-state index contributed by atoms with van der Waals surface area (Å²) in [5.41, 5.74) is 5.45. The zero-order chi connectivity index (χ0) is 12.0. The van der Waals surface area contributed by atoms with E-state index < -0.39 is 0 Å². The first-order valence-electron chi connectivity index (χ1n) is 6.45. The molecule has 1 saturated carbocycles. The summed E-state index contributed by atoms with van der Waals surface area (Å²) in [6, 6.07) is 0.258. The highest BCUT2D eigenvalue weighted by atomic mass is 16.2. The SMILES string of the molecule is NCC1(C(=O)N2CCN3C(=O)CCC3C2)CC1. The van der Waals surface area contributed by atoms with Gasteiger partial charge in [0.15, 0.2) is 0 Å². The van der Waals surface area contributed by atoms with Crippen LogP contribution in [0.3, 0.4) is 0 Å². The van der Waals surface area contributed by atoms with Gasteiger partial charge in [-0.25, -0.2) is 0 Å². The third kappa shape index (κ3) is 1.64. The van der Waals surface area contributed by atoms with Crippen molar-refractivity contribution in [2.75, 3.05) is 26.2 Å². The van der Waals surface area contributed by atoms with Gasteiger partial charge in [0.05, 0.1) is 5.41 Å². The molecule has 2 saturated heterocycles. The lowest BCUT2D eigenvalue weighted by Crippen LogP contribution is -2.55. The van der Waals surface area contributed by atoms with Crippen molar-refractivity contribution in [2.45, 2.75) is 31.7 Å². The van der Waals surface area contributed by atoms with Crippen LogP contribution in [0.4, 0.5) is 0 Å². The minimum absolute atomic E-state index is 0.221. The van der Waals surface area contributed by atoms with Gasteiger partial charge in [-0.05, 0) is 19.3 Å². The maximum absolute atomic E-state index is 12.3. The van der Waals surface area contributed by atoms with Crippen LogP contribution in [0, 0.1) is 5.41 Å². The molecule has 1 aliphatic carbocycles. The van der Waals surface area contributed by atoms with Crippen molar-refractivity contribution in [3.05, 3.63) is 0 Å². The Hall–Kier alpha value is -1.10. The average molecular weight is 237 g/mol. The Morgan fingerprint density at radius 1 is 1.41 bits per heavy atom. The van der Waals surface area contributed by atoms with Gasteiger partial charge in [0, 0.05) is 38.6 Å². The van der Waals surface area contributed by atoms with Gasteiger partial charge in [-0.2, -0.15) is 0 Å². The molecular weight excluding hydrogens is 218 g/mol. The summed E-state index contributed by atoms with van der Waals surface area (Å²) in [6.07, 6.45) is 3.42. The van der Waals surface area contributed by atoms with E-state index in [0.29, 0.717) is 32.6 Å². The smallest absolute Gasteiger partial charge is 0.230 e. The van der Waals surface area contributed by atoms with Crippen LogP contribution < -0.4 is 5.73 Å². The molecule has 0 spiro atoms. The fourth-order valence-corrected chi connectivity index (χ4v) is 3.04. The maximum atomic E-state index is 12.3. The van der Waals surface area contributed by atoms with E-state index in [1.54, 1.807) is 0 Å². The molecule has 2 aliphatic heterocycles. The highest BCUT2D eigenvalue weighted by molar-refractivity contribution is 5.86. The number of rotatable bonds is 2. The zero-order valence-electron chi connectivity index (χ0n) is 10.0. The number of hydrogen-bond acceptors (Lipinski definition) is 3. The fraction of sp³-hybridized carbons (Fsp3) is 0.833. The summed E-state index contributed by atoms with van der Waals surface area (Å²) in [5, 5.41) is 0. The lowest BCUT2D eigenvalue weighted by atomic mass is 10.0. The topological polar surface area (TPSA) is 66.6 Å². The Balaban J connectivity index is 1.67. The van der Waals surface area contributed by atoms with Gasteiger partial charge < -0.3 is 15.5 Å². The largest absolute Gasteiger partial charge is 0.338 e. The molecule has 1 unspecified atom stereocenters. The van der Waals surface area contributed by atoms with Crippen LogP contribution in [0.2, 0.25) is 0 Å². The Kier molecular flexibility index (Phi) is 2.40. The van der Waals surface area contributed by atoms with Crippen LogP contribution >= 0.6 is 0 Å². The van der Waals surface area contributed by atoms with Gasteiger partial charge >= 0.3 is 0 Å². The first kappa shape index (κ1) is 11.0. The Bertz CT molecular complexity index is 365. The van der Waals surface area contributed by atoms with E-state index in [0.717, 1.165) is 19.3 Å². The minimum atomic E-state index is -0.245. The molecule has 3 fully saturated rings. The van der Waals surface area contributed by atoms with E-state index in [4.69, 9.17) is 5.73 Å². The predicted molar refractivity (Wildman–Crippen MR) is 62.0 cm³/mol. The molecular formula is C12H19N3O2. The van der Waals surface area contributed by atoms with E-state index in [9.17, 15) is 9.59 Å². The number of carbonyl (C=O) groups is 2. The second-order valence-electron chi connectivity index (χ2n) is 5.52. The van der Waals surface area contributed by atoms with Crippen LogP contribution in [0.1, 0.15) is 25.7 Å². The zero-order valence-corrected chi connectivity index (χ0v) is 10.0. The average Bonchev–Trinajstić information content (AvgIpc) is 3.08. The van der Waals surface area contributed by atoms with Crippen molar-refractivity contribution < 1.29 is 9.59 Å². The normalized spacial score (nSPS) is 30.4. The van der Waals surface area contributed by atoms with E-state index in [1.807, 2.05) is 9.80 Å². The molecule has 2 heterocycles. The van der Waals surface area contributed by atoms with Crippen LogP contribution in [-0.2, 0) is 9.59 Å². The Labute approximate surface area is 101 Å². The van der Waals surface area contributed by atoms with E-state index in [1.165, 1.54) is 0 Å². The van der Waals surface area contributed by atoms with E-state index in [-0.39, 0.29) is 23.3 Å². The molecule has 1 atom stereocenters. The quantitative estimate of drug-likeness (QED) is 0.708. The minimum Gasteiger partial charge on any atom is -0.338 e. The Morgan fingerprint density at radius 2 is 2.18 bits per heavy atom. The molecule has 17 heavy (non-hydrogen) atoms. The first-order valence-corrected chi connectivity index (χ1v) is 6.45. The first-order chi connectivity index (χ1) is 8.16. The number of fused-ring (bicyclic) bond motifs is 1. The lowest BCUT2D eigenvalue weighted by Gasteiger charge is -2.39. The van der Waals surface area contributed by atoms with Gasteiger partial charge in [0.1, 0.15) is 0 Å². The summed E-state index contributed by atoms with van der Waals surface area (Å²) in [6.45, 7) is 2.57. The number of piperazine rings is 1. The van der Waals surface area contributed by atoms with Crippen molar-refractivity contribution in [2.24, 2.45) is 11.1 Å². The molecule has 0 aromatic heterocycles. The van der Waals surface area contributed by atoms with Gasteiger partial charge in [-0.3, -0.25) is 9.59 Å². The van der Waals surface area contributed by atoms with Crippen LogP contribution in [0.25, 0.3) is 0 Å². The Morgan fingerprint density at radius 3 is 2.82 bits per heavy atom. The number of carbonyl (C=O) groups excluding carboxylic acids is 2. The van der Waals surface area contributed by atoms with Gasteiger partial charge in [-0.15, -0.1) is 0 Å². The summed E-state index contributed by atoms with van der Waals surface area (Å²) < 4.78 is 0. The van der Waals surface area contributed by atoms with Crippen molar-refractivity contribution in [1.82, 2.24) is 9.80 Å². The second-order valence-corrected chi connectivity index (χ2v) is 5.52. The molecule has 2 amide bonds. The molecule has 2 N–H and O–H groups in total. The van der Waals surface area contributed by atoms with Crippen LogP contribution in [-0.4, -0.2) is 53.8 Å². The molecule has 0 aromatic carbocycles. The second kappa shape index (κ2) is 3.70. The van der Waals surface area contributed by atoms with Crippen molar-refractivity contribution in [1.29, 1.82) is 0 Å². The molecule has 94 valence electrons. The highest BCUT2D eigenvalue weighted by Crippen LogP contribution is 2.46. The van der Waals surface area contributed by atoms with E-state index >= 15 is 0 Å². The predicted octanol–water partition coefficient (Wildman–Crippen LogP) is -0.441. The fourth-order valence-electron chi connectivity index (χ4n) is 3.04. The summed E-state index contributed by atoms with van der Waals surface area (Å²) in [4.78, 5) is 27.7. The van der Waals surface area contributed by atoms with Crippen molar-refractivity contribution >= 4 is 11.8 Å². The van der Waals surface area contributed by atoms with Gasteiger partial charge in [0.25, 0.3) is 0 Å². The van der Waals surface area contributed by atoms with Gasteiger partial charge in [0.2, 0.25) is 11.8 Å². The summed E-state index contributed by atoms with van der Waals surface area (Å²) in [5.74, 6) is 0.473. The third-order valence-corrected chi connectivity index (χ3v) is 4.48. The molecule has 0 bridgehead atoms. The van der Waals surface area contributed by atoms with Crippen LogP contribution in [0.15, 0.2) is 0 Å². The number of nitrogens with zero attached hydrogens (tertiary/aromatic N) is 2. The van der Waals surface area contributed by atoms with Gasteiger partial charge in [-0.1, -0.05) is 0 Å². The monoisotopic (exact) mass is 237 g/mol. The van der Waals surface area contributed by atoms with Crippen molar-refractivity contribution in [3.63, 3.8) is 0 Å². The van der Waals surface area contributed by atoms with Crippen molar-refractivity contribution in [3.8, 4) is 0 Å². The van der Waals surface area contributed by atoms with Crippen LogP contribution in [0.5, 0.6) is 0 Å². The highest BCUT2D eigenvalue weighted by Gasteiger charge is 2.51. The third-order valence-electron chi connectivity index (χ3n) is 4.48. The number of hydrogen-bond donors (Lipinski definition) is 1. The number of amides is 2.